The minimum absolute atomic E-state index is 0.0304. The lowest BCUT2D eigenvalue weighted by molar-refractivity contribution is -0.384. The van der Waals surface area contributed by atoms with Crippen LogP contribution in [0.25, 0.3) is 0 Å². The van der Waals surface area contributed by atoms with E-state index < -0.39 is 0 Å². The van der Waals surface area contributed by atoms with Crippen LogP contribution in [0.3, 0.4) is 0 Å². The van der Waals surface area contributed by atoms with E-state index in [1.54, 1.807) is 12.1 Å². The molecular formula is C23H22N4O2. The van der Waals surface area contributed by atoms with Crippen molar-refractivity contribution in [2.24, 2.45) is 5.10 Å². The van der Waals surface area contributed by atoms with E-state index in [9.17, 15) is 10.1 Å². The van der Waals surface area contributed by atoms with Crippen LogP contribution in [0.15, 0.2) is 84.0 Å². The molecule has 0 aromatic heterocycles. The van der Waals surface area contributed by atoms with Crippen molar-refractivity contribution in [1.29, 1.82) is 0 Å². The highest BCUT2D eigenvalue weighted by Crippen LogP contribution is 2.37. The lowest BCUT2D eigenvalue weighted by Crippen LogP contribution is -2.18. The Morgan fingerprint density at radius 2 is 1.62 bits per heavy atom. The number of anilines is 2. The Labute approximate surface area is 169 Å². The number of hydrogen-bond donors (Lipinski definition) is 0. The lowest BCUT2D eigenvalue weighted by atomic mass is 9.98. The molecule has 0 saturated carbocycles. The lowest BCUT2D eigenvalue weighted by Gasteiger charge is -2.24. The molecule has 146 valence electrons. The summed E-state index contributed by atoms with van der Waals surface area (Å²) < 4.78 is 0. The van der Waals surface area contributed by atoms with Gasteiger partial charge in [-0.2, -0.15) is 5.10 Å². The van der Waals surface area contributed by atoms with Gasteiger partial charge in [0, 0.05) is 38.3 Å². The van der Waals surface area contributed by atoms with Crippen molar-refractivity contribution in [3.8, 4) is 0 Å². The van der Waals surface area contributed by atoms with Gasteiger partial charge < -0.3 is 4.90 Å². The first-order valence-electron chi connectivity index (χ1n) is 9.47. The molecule has 0 N–H and O–H groups in total. The molecule has 0 unspecified atom stereocenters. The molecule has 1 atom stereocenters. The fourth-order valence-electron chi connectivity index (χ4n) is 3.53. The third-order valence-corrected chi connectivity index (χ3v) is 5.14. The smallest absolute Gasteiger partial charge is 0.269 e. The van der Waals surface area contributed by atoms with E-state index in [1.165, 1.54) is 12.1 Å². The number of hydrazone groups is 1. The van der Waals surface area contributed by atoms with Gasteiger partial charge in [0.15, 0.2) is 0 Å². The number of nitrogens with zero attached hydrogens (tertiary/aromatic N) is 4. The summed E-state index contributed by atoms with van der Waals surface area (Å²) in [4.78, 5) is 12.7. The van der Waals surface area contributed by atoms with Gasteiger partial charge in [0.25, 0.3) is 5.69 Å². The Balaban J connectivity index is 1.71. The summed E-state index contributed by atoms with van der Waals surface area (Å²) >= 11 is 0. The molecule has 6 heteroatoms. The van der Waals surface area contributed by atoms with Gasteiger partial charge in [-0.05, 0) is 35.4 Å². The highest BCUT2D eigenvalue weighted by atomic mass is 16.6. The van der Waals surface area contributed by atoms with E-state index in [2.05, 4.69) is 41.3 Å². The number of rotatable bonds is 5. The Kier molecular flexibility index (Phi) is 4.99. The largest absolute Gasteiger partial charge is 0.378 e. The predicted octanol–water partition coefficient (Wildman–Crippen LogP) is 5.02. The van der Waals surface area contributed by atoms with Crippen molar-refractivity contribution >= 4 is 22.8 Å². The van der Waals surface area contributed by atoms with E-state index in [-0.39, 0.29) is 16.7 Å². The predicted molar refractivity (Wildman–Crippen MR) is 117 cm³/mol. The highest BCUT2D eigenvalue weighted by molar-refractivity contribution is 6.03. The van der Waals surface area contributed by atoms with E-state index in [0.29, 0.717) is 0 Å². The molecule has 6 nitrogen and oxygen atoms in total. The maximum Gasteiger partial charge on any atom is 0.269 e. The van der Waals surface area contributed by atoms with Crippen molar-refractivity contribution in [3.05, 3.63) is 100 Å². The zero-order valence-corrected chi connectivity index (χ0v) is 16.4. The number of non-ortho nitro benzene ring substituents is 1. The number of hydrogen-bond acceptors (Lipinski definition) is 5. The van der Waals surface area contributed by atoms with Crippen LogP contribution in [0.5, 0.6) is 0 Å². The normalized spacial score (nSPS) is 15.9. The molecule has 0 spiro atoms. The van der Waals surface area contributed by atoms with Gasteiger partial charge in [0.2, 0.25) is 0 Å². The molecule has 1 aliphatic heterocycles. The first-order chi connectivity index (χ1) is 14.0. The summed E-state index contributed by atoms with van der Waals surface area (Å²) in [5, 5.41) is 17.9. The Bertz CT molecular complexity index is 1030. The molecule has 0 aliphatic carbocycles. The van der Waals surface area contributed by atoms with Gasteiger partial charge in [-0.1, -0.05) is 42.5 Å². The van der Waals surface area contributed by atoms with Gasteiger partial charge in [-0.15, -0.1) is 0 Å². The fraction of sp³-hybridized carbons (Fsp3) is 0.174. The molecule has 1 aliphatic rings. The number of benzene rings is 3. The molecule has 0 bridgehead atoms. The van der Waals surface area contributed by atoms with Gasteiger partial charge in [0.1, 0.15) is 0 Å². The molecule has 0 fully saturated rings. The average Bonchev–Trinajstić information content (AvgIpc) is 3.20. The standard InChI is InChI=1S/C23H22N4O2/c1-25(2)19-10-8-18(9-11-19)23-16-22(17-6-4-3-5-7-17)24-26(23)20-12-14-21(15-13-20)27(28)29/h3-15,23H,16H2,1-2H3/t23-/m1/s1. The van der Waals surface area contributed by atoms with E-state index in [4.69, 9.17) is 5.10 Å². The van der Waals surface area contributed by atoms with Gasteiger partial charge >= 0.3 is 0 Å². The molecule has 3 aromatic carbocycles. The zero-order valence-electron chi connectivity index (χ0n) is 16.4. The molecule has 0 saturated heterocycles. The fourth-order valence-corrected chi connectivity index (χ4v) is 3.53. The SMILES string of the molecule is CN(C)c1ccc([C@H]2CC(c3ccccc3)=NN2c2ccc([N+](=O)[O-])cc2)cc1. The van der Waals surface area contributed by atoms with Crippen molar-refractivity contribution in [1.82, 2.24) is 0 Å². The Morgan fingerprint density at radius 3 is 2.21 bits per heavy atom. The summed E-state index contributed by atoms with van der Waals surface area (Å²) in [5.41, 5.74) is 5.30. The molecule has 4 rings (SSSR count). The van der Waals surface area contributed by atoms with Crippen molar-refractivity contribution in [3.63, 3.8) is 0 Å². The van der Waals surface area contributed by atoms with E-state index in [1.807, 2.05) is 37.3 Å². The van der Waals surface area contributed by atoms with Crippen LogP contribution in [-0.2, 0) is 0 Å². The van der Waals surface area contributed by atoms with Gasteiger partial charge in [-0.25, -0.2) is 0 Å². The quantitative estimate of drug-likeness (QED) is 0.456. The van der Waals surface area contributed by atoms with E-state index >= 15 is 0 Å². The maximum absolute atomic E-state index is 11.0. The minimum Gasteiger partial charge on any atom is -0.378 e. The van der Waals surface area contributed by atoms with Crippen LogP contribution in [0, 0.1) is 10.1 Å². The Hall–Kier alpha value is -3.67. The summed E-state index contributed by atoms with van der Waals surface area (Å²) in [6, 6.07) is 25.2. The molecule has 29 heavy (non-hydrogen) atoms. The average molecular weight is 386 g/mol. The molecular weight excluding hydrogens is 364 g/mol. The zero-order chi connectivity index (χ0) is 20.4. The summed E-state index contributed by atoms with van der Waals surface area (Å²) in [5.74, 6) is 0. The summed E-state index contributed by atoms with van der Waals surface area (Å²) in [6.45, 7) is 0. The van der Waals surface area contributed by atoms with Crippen LogP contribution < -0.4 is 9.91 Å². The second-order valence-corrected chi connectivity index (χ2v) is 7.24. The first-order valence-corrected chi connectivity index (χ1v) is 9.47. The molecule has 1 heterocycles. The van der Waals surface area contributed by atoms with E-state index in [0.717, 1.165) is 34.6 Å². The minimum atomic E-state index is -0.385. The Morgan fingerprint density at radius 1 is 0.966 bits per heavy atom. The first kappa shape index (κ1) is 18.7. The second kappa shape index (κ2) is 7.75. The van der Waals surface area contributed by atoms with Crippen LogP contribution >= 0.6 is 0 Å². The second-order valence-electron chi connectivity index (χ2n) is 7.24. The summed E-state index contributed by atoms with van der Waals surface area (Å²) in [6.07, 6.45) is 0.766. The molecule has 3 aromatic rings. The molecule has 0 amide bonds. The number of nitro groups is 1. The van der Waals surface area contributed by atoms with Crippen LogP contribution in [-0.4, -0.2) is 24.7 Å². The maximum atomic E-state index is 11.0. The van der Waals surface area contributed by atoms with Gasteiger partial charge in [-0.3, -0.25) is 15.1 Å². The highest BCUT2D eigenvalue weighted by Gasteiger charge is 2.30. The summed E-state index contributed by atoms with van der Waals surface area (Å²) in [7, 11) is 4.04. The van der Waals surface area contributed by atoms with Crippen LogP contribution in [0.4, 0.5) is 17.1 Å². The van der Waals surface area contributed by atoms with Crippen LogP contribution in [0.2, 0.25) is 0 Å². The van der Waals surface area contributed by atoms with Gasteiger partial charge in [0.05, 0.1) is 22.4 Å². The third-order valence-electron chi connectivity index (χ3n) is 5.14. The third kappa shape index (κ3) is 3.82. The van der Waals surface area contributed by atoms with Crippen molar-refractivity contribution in [2.75, 3.05) is 24.0 Å². The topological polar surface area (TPSA) is 62.0 Å². The monoisotopic (exact) mass is 386 g/mol. The van der Waals surface area contributed by atoms with Crippen LogP contribution in [0.1, 0.15) is 23.6 Å². The van der Waals surface area contributed by atoms with Crippen molar-refractivity contribution in [2.45, 2.75) is 12.5 Å². The number of nitro benzene ring substituents is 1. The van der Waals surface area contributed by atoms with Crippen molar-refractivity contribution < 1.29 is 4.92 Å². The molecule has 0 radical (unpaired) electrons.